The standard InChI is InChI=1S/C17H35N3/c1-15(2)18-12-16(3)13-20-10-6-17(7-11-20)14-19-8-4-5-9-19/h15-18H,4-14H2,1-3H3. The molecule has 0 aromatic carbocycles. The first kappa shape index (κ1) is 16.3. The molecule has 0 spiro atoms. The first-order chi connectivity index (χ1) is 9.63. The molecule has 2 aliphatic rings. The van der Waals surface area contributed by atoms with Crippen molar-refractivity contribution in [1.82, 2.24) is 15.1 Å². The molecule has 3 nitrogen and oxygen atoms in total. The van der Waals surface area contributed by atoms with E-state index in [0.717, 1.165) is 18.4 Å². The SMILES string of the molecule is CC(CNC(C)C)CN1CCC(CN2CCCC2)CC1. The molecule has 2 fully saturated rings. The summed E-state index contributed by atoms with van der Waals surface area (Å²) in [6, 6.07) is 0.614. The number of nitrogens with zero attached hydrogens (tertiary/aromatic N) is 2. The van der Waals surface area contributed by atoms with Gasteiger partial charge >= 0.3 is 0 Å². The summed E-state index contributed by atoms with van der Waals surface area (Å²) in [7, 11) is 0. The molecule has 0 radical (unpaired) electrons. The zero-order valence-electron chi connectivity index (χ0n) is 13.9. The first-order valence-corrected chi connectivity index (χ1v) is 8.81. The molecule has 20 heavy (non-hydrogen) atoms. The summed E-state index contributed by atoms with van der Waals surface area (Å²) in [6.45, 7) is 16.0. The second kappa shape index (κ2) is 8.35. The van der Waals surface area contributed by atoms with Gasteiger partial charge in [0.2, 0.25) is 0 Å². The summed E-state index contributed by atoms with van der Waals surface area (Å²) < 4.78 is 0. The molecule has 0 aliphatic carbocycles. The lowest BCUT2D eigenvalue weighted by atomic mass is 9.95. The highest BCUT2D eigenvalue weighted by molar-refractivity contribution is 4.78. The Balaban J connectivity index is 1.58. The van der Waals surface area contributed by atoms with Gasteiger partial charge in [-0.1, -0.05) is 20.8 Å². The van der Waals surface area contributed by atoms with Crippen molar-refractivity contribution in [3.63, 3.8) is 0 Å². The second-order valence-corrected chi connectivity index (χ2v) is 7.42. The summed E-state index contributed by atoms with van der Waals surface area (Å²) in [6.07, 6.45) is 5.69. The van der Waals surface area contributed by atoms with E-state index in [2.05, 4.69) is 35.9 Å². The highest BCUT2D eigenvalue weighted by atomic mass is 15.2. The number of hydrogen-bond acceptors (Lipinski definition) is 3. The Morgan fingerprint density at radius 3 is 2.20 bits per heavy atom. The molecule has 0 bridgehead atoms. The molecular formula is C17H35N3. The van der Waals surface area contributed by atoms with Crippen LogP contribution in [0.15, 0.2) is 0 Å². The predicted octanol–water partition coefficient (Wildman–Crippen LogP) is 2.43. The molecular weight excluding hydrogens is 246 g/mol. The summed E-state index contributed by atoms with van der Waals surface area (Å²) in [5, 5.41) is 3.56. The number of rotatable bonds is 7. The molecule has 2 aliphatic heterocycles. The Bertz CT molecular complexity index is 253. The Morgan fingerprint density at radius 1 is 0.950 bits per heavy atom. The van der Waals surface area contributed by atoms with Crippen molar-refractivity contribution in [3.05, 3.63) is 0 Å². The van der Waals surface area contributed by atoms with Crippen LogP contribution in [0.1, 0.15) is 46.5 Å². The summed E-state index contributed by atoms with van der Waals surface area (Å²) >= 11 is 0. The molecule has 2 rings (SSSR count). The van der Waals surface area contributed by atoms with Gasteiger partial charge in [0.1, 0.15) is 0 Å². The molecule has 0 saturated carbocycles. The Hall–Kier alpha value is -0.120. The molecule has 1 unspecified atom stereocenters. The van der Waals surface area contributed by atoms with Crippen molar-refractivity contribution in [3.8, 4) is 0 Å². The van der Waals surface area contributed by atoms with Gasteiger partial charge in [0.15, 0.2) is 0 Å². The fourth-order valence-corrected chi connectivity index (χ4v) is 3.62. The highest BCUT2D eigenvalue weighted by Crippen LogP contribution is 2.21. The van der Waals surface area contributed by atoms with Gasteiger partial charge in [-0.25, -0.2) is 0 Å². The predicted molar refractivity (Wildman–Crippen MR) is 87.1 cm³/mol. The van der Waals surface area contributed by atoms with E-state index in [9.17, 15) is 0 Å². The normalized spacial score (nSPS) is 24.6. The van der Waals surface area contributed by atoms with E-state index >= 15 is 0 Å². The molecule has 1 atom stereocenters. The van der Waals surface area contributed by atoms with Crippen LogP contribution in [0.5, 0.6) is 0 Å². The van der Waals surface area contributed by atoms with Gasteiger partial charge in [-0.05, 0) is 70.2 Å². The maximum Gasteiger partial charge on any atom is 0.00191 e. The lowest BCUT2D eigenvalue weighted by Crippen LogP contribution is -2.41. The van der Waals surface area contributed by atoms with Crippen LogP contribution in [0.25, 0.3) is 0 Å². The lowest BCUT2D eigenvalue weighted by molar-refractivity contribution is 0.139. The summed E-state index contributed by atoms with van der Waals surface area (Å²) in [5.74, 6) is 1.74. The van der Waals surface area contributed by atoms with Crippen LogP contribution in [0, 0.1) is 11.8 Å². The highest BCUT2D eigenvalue weighted by Gasteiger charge is 2.23. The van der Waals surface area contributed by atoms with Crippen LogP contribution >= 0.6 is 0 Å². The van der Waals surface area contributed by atoms with Crippen molar-refractivity contribution in [1.29, 1.82) is 0 Å². The van der Waals surface area contributed by atoms with Gasteiger partial charge in [0, 0.05) is 19.1 Å². The van der Waals surface area contributed by atoms with Crippen LogP contribution in [0.4, 0.5) is 0 Å². The van der Waals surface area contributed by atoms with Crippen molar-refractivity contribution in [2.24, 2.45) is 11.8 Å². The second-order valence-electron chi connectivity index (χ2n) is 7.42. The quantitative estimate of drug-likeness (QED) is 0.773. The van der Waals surface area contributed by atoms with E-state index in [1.54, 1.807) is 0 Å². The van der Waals surface area contributed by atoms with Crippen LogP contribution in [0.2, 0.25) is 0 Å². The number of likely N-dealkylation sites (tertiary alicyclic amines) is 2. The monoisotopic (exact) mass is 281 g/mol. The summed E-state index contributed by atoms with van der Waals surface area (Å²) in [5.41, 5.74) is 0. The van der Waals surface area contributed by atoms with E-state index in [-0.39, 0.29) is 0 Å². The first-order valence-electron chi connectivity index (χ1n) is 8.81. The minimum absolute atomic E-state index is 0.614. The van der Waals surface area contributed by atoms with E-state index in [0.29, 0.717) is 6.04 Å². The largest absolute Gasteiger partial charge is 0.314 e. The third kappa shape index (κ3) is 5.71. The van der Waals surface area contributed by atoms with E-state index in [1.807, 2.05) is 0 Å². The molecule has 0 aromatic rings. The van der Waals surface area contributed by atoms with Crippen LogP contribution < -0.4 is 5.32 Å². The molecule has 118 valence electrons. The minimum Gasteiger partial charge on any atom is -0.314 e. The number of hydrogen-bond donors (Lipinski definition) is 1. The third-order valence-electron chi connectivity index (χ3n) is 4.87. The van der Waals surface area contributed by atoms with Crippen molar-refractivity contribution < 1.29 is 0 Å². The van der Waals surface area contributed by atoms with Crippen LogP contribution in [-0.4, -0.2) is 61.7 Å². The Kier molecular flexibility index (Phi) is 6.79. The minimum atomic E-state index is 0.614. The number of nitrogens with one attached hydrogen (secondary N) is 1. The molecule has 2 saturated heterocycles. The topological polar surface area (TPSA) is 18.5 Å². The Morgan fingerprint density at radius 2 is 1.60 bits per heavy atom. The van der Waals surface area contributed by atoms with Gasteiger partial charge in [0.25, 0.3) is 0 Å². The third-order valence-corrected chi connectivity index (χ3v) is 4.87. The molecule has 2 heterocycles. The smallest absolute Gasteiger partial charge is 0.00191 e. The maximum atomic E-state index is 3.56. The molecule has 0 aromatic heterocycles. The van der Waals surface area contributed by atoms with Gasteiger partial charge < -0.3 is 15.1 Å². The van der Waals surface area contributed by atoms with E-state index in [4.69, 9.17) is 0 Å². The summed E-state index contributed by atoms with van der Waals surface area (Å²) in [4.78, 5) is 5.38. The molecule has 0 amide bonds. The zero-order valence-corrected chi connectivity index (χ0v) is 13.9. The average molecular weight is 281 g/mol. The van der Waals surface area contributed by atoms with Crippen molar-refractivity contribution in [2.75, 3.05) is 45.8 Å². The van der Waals surface area contributed by atoms with Gasteiger partial charge in [0.05, 0.1) is 0 Å². The molecule has 1 N–H and O–H groups in total. The Labute approximate surface area is 126 Å². The maximum absolute atomic E-state index is 3.56. The van der Waals surface area contributed by atoms with Gasteiger partial charge in [-0.3, -0.25) is 0 Å². The zero-order chi connectivity index (χ0) is 14.4. The molecule has 3 heteroatoms. The number of piperidine rings is 1. The van der Waals surface area contributed by atoms with Crippen molar-refractivity contribution >= 4 is 0 Å². The van der Waals surface area contributed by atoms with Gasteiger partial charge in [-0.15, -0.1) is 0 Å². The van der Waals surface area contributed by atoms with E-state index in [1.165, 1.54) is 65.0 Å². The van der Waals surface area contributed by atoms with Crippen molar-refractivity contribution in [2.45, 2.75) is 52.5 Å². The van der Waals surface area contributed by atoms with Gasteiger partial charge in [-0.2, -0.15) is 0 Å². The lowest BCUT2D eigenvalue weighted by Gasteiger charge is -2.35. The average Bonchev–Trinajstić information content (AvgIpc) is 2.92. The van der Waals surface area contributed by atoms with Crippen LogP contribution in [-0.2, 0) is 0 Å². The fraction of sp³-hybridized carbons (Fsp3) is 1.00. The van der Waals surface area contributed by atoms with Crippen LogP contribution in [0.3, 0.4) is 0 Å². The van der Waals surface area contributed by atoms with E-state index < -0.39 is 0 Å². The fourth-order valence-electron chi connectivity index (χ4n) is 3.62.